The summed E-state index contributed by atoms with van der Waals surface area (Å²) in [6.45, 7) is 2.12. The maximum absolute atomic E-state index is 13.5. The van der Waals surface area contributed by atoms with Crippen LogP contribution in [0.5, 0.6) is 0 Å². The summed E-state index contributed by atoms with van der Waals surface area (Å²) in [4.78, 5) is 7.41. The molecule has 1 unspecified atom stereocenters. The number of nitrogens with zero attached hydrogens (tertiary/aromatic N) is 2. The standard InChI is InChI=1S/C13H12ClFN4/c1-7-4-8-5-9(2-3-11(8)17-7)18-12-10(15)6-16-13(14)19-12/h2-3,5-7,17H,4H2,1H3,(H,16,18,19). The first-order valence-corrected chi connectivity index (χ1v) is 6.34. The second kappa shape index (κ2) is 4.66. The van der Waals surface area contributed by atoms with Crippen LogP contribution in [-0.4, -0.2) is 16.0 Å². The summed E-state index contributed by atoms with van der Waals surface area (Å²) in [6, 6.07) is 6.26. The molecule has 1 aromatic carbocycles. The van der Waals surface area contributed by atoms with Crippen molar-refractivity contribution < 1.29 is 4.39 Å². The van der Waals surface area contributed by atoms with E-state index in [1.54, 1.807) is 0 Å². The number of aromatic nitrogens is 2. The highest BCUT2D eigenvalue weighted by atomic mass is 35.5. The van der Waals surface area contributed by atoms with Gasteiger partial charge in [-0.1, -0.05) is 0 Å². The van der Waals surface area contributed by atoms with Gasteiger partial charge in [-0.15, -0.1) is 0 Å². The second-order valence-electron chi connectivity index (χ2n) is 4.58. The van der Waals surface area contributed by atoms with Crippen LogP contribution in [0.3, 0.4) is 0 Å². The van der Waals surface area contributed by atoms with Crippen molar-refractivity contribution >= 4 is 28.8 Å². The Hall–Kier alpha value is -1.88. The van der Waals surface area contributed by atoms with Crippen molar-refractivity contribution in [3.8, 4) is 0 Å². The van der Waals surface area contributed by atoms with Gasteiger partial charge < -0.3 is 10.6 Å². The number of hydrogen-bond donors (Lipinski definition) is 2. The van der Waals surface area contributed by atoms with Crippen LogP contribution in [0.2, 0.25) is 5.28 Å². The van der Waals surface area contributed by atoms with Gasteiger partial charge in [0.25, 0.3) is 0 Å². The van der Waals surface area contributed by atoms with E-state index < -0.39 is 5.82 Å². The first-order valence-electron chi connectivity index (χ1n) is 5.96. The average Bonchev–Trinajstić information content (AvgIpc) is 2.73. The lowest BCUT2D eigenvalue weighted by molar-refractivity contribution is 0.619. The molecule has 0 aliphatic carbocycles. The summed E-state index contributed by atoms with van der Waals surface area (Å²) >= 11 is 5.66. The Morgan fingerprint density at radius 3 is 3.16 bits per heavy atom. The maximum Gasteiger partial charge on any atom is 0.224 e. The molecule has 1 aliphatic rings. The summed E-state index contributed by atoms with van der Waals surface area (Å²) in [7, 11) is 0. The van der Waals surface area contributed by atoms with Crippen LogP contribution in [-0.2, 0) is 6.42 Å². The first kappa shape index (κ1) is 12.2. The lowest BCUT2D eigenvalue weighted by Crippen LogP contribution is -2.08. The third kappa shape index (κ3) is 2.46. The molecule has 1 aromatic heterocycles. The number of rotatable bonds is 2. The number of anilines is 3. The molecule has 2 aromatic rings. The van der Waals surface area contributed by atoms with E-state index in [0.29, 0.717) is 6.04 Å². The minimum absolute atomic E-state index is 0.0142. The monoisotopic (exact) mass is 278 g/mol. The fourth-order valence-corrected chi connectivity index (χ4v) is 2.33. The molecule has 2 N–H and O–H groups in total. The molecule has 0 bridgehead atoms. The molecular formula is C13H12ClFN4. The fraction of sp³-hybridized carbons (Fsp3) is 0.231. The van der Waals surface area contributed by atoms with Crippen molar-refractivity contribution in [3.05, 3.63) is 41.1 Å². The molecule has 0 spiro atoms. The number of fused-ring (bicyclic) bond motifs is 1. The van der Waals surface area contributed by atoms with E-state index in [2.05, 4.69) is 27.5 Å². The summed E-state index contributed by atoms with van der Waals surface area (Å²) in [5.41, 5.74) is 3.11. The van der Waals surface area contributed by atoms with Gasteiger partial charge in [0.1, 0.15) is 0 Å². The van der Waals surface area contributed by atoms with Gasteiger partial charge in [-0.05, 0) is 48.7 Å². The molecule has 0 radical (unpaired) electrons. The van der Waals surface area contributed by atoms with Gasteiger partial charge in [-0.3, -0.25) is 0 Å². The zero-order valence-electron chi connectivity index (χ0n) is 10.2. The van der Waals surface area contributed by atoms with E-state index >= 15 is 0 Å². The topological polar surface area (TPSA) is 49.8 Å². The molecule has 3 rings (SSSR count). The maximum atomic E-state index is 13.5. The highest BCUT2D eigenvalue weighted by molar-refractivity contribution is 6.28. The smallest absolute Gasteiger partial charge is 0.224 e. The molecule has 98 valence electrons. The van der Waals surface area contributed by atoms with E-state index in [9.17, 15) is 4.39 Å². The molecule has 0 fully saturated rings. The minimum Gasteiger partial charge on any atom is -0.382 e. The predicted octanol–water partition coefficient (Wildman–Crippen LogP) is 3.37. The molecule has 0 amide bonds. The van der Waals surface area contributed by atoms with Gasteiger partial charge >= 0.3 is 0 Å². The van der Waals surface area contributed by atoms with Crippen LogP contribution in [0.1, 0.15) is 12.5 Å². The summed E-state index contributed by atoms with van der Waals surface area (Å²) in [5, 5.41) is 6.29. The largest absolute Gasteiger partial charge is 0.382 e. The van der Waals surface area contributed by atoms with Crippen LogP contribution >= 0.6 is 11.6 Å². The molecule has 0 saturated heterocycles. The Morgan fingerprint density at radius 2 is 2.32 bits per heavy atom. The van der Waals surface area contributed by atoms with Crippen molar-refractivity contribution in [3.63, 3.8) is 0 Å². The molecule has 19 heavy (non-hydrogen) atoms. The molecule has 1 aliphatic heterocycles. The Morgan fingerprint density at radius 1 is 1.47 bits per heavy atom. The summed E-state index contributed by atoms with van der Waals surface area (Å²) in [5.74, 6) is -0.449. The zero-order valence-corrected chi connectivity index (χ0v) is 11.0. The normalized spacial score (nSPS) is 16.9. The van der Waals surface area contributed by atoms with Gasteiger partial charge in [0.2, 0.25) is 5.28 Å². The predicted molar refractivity (Wildman–Crippen MR) is 73.5 cm³/mol. The highest BCUT2D eigenvalue weighted by Gasteiger charge is 2.17. The lowest BCUT2D eigenvalue weighted by Gasteiger charge is -2.08. The van der Waals surface area contributed by atoms with E-state index in [0.717, 1.165) is 24.0 Å². The fourth-order valence-electron chi connectivity index (χ4n) is 2.20. The van der Waals surface area contributed by atoms with E-state index in [1.807, 2.05) is 18.2 Å². The van der Waals surface area contributed by atoms with Gasteiger partial charge in [0.15, 0.2) is 11.6 Å². The number of hydrogen-bond acceptors (Lipinski definition) is 4. The van der Waals surface area contributed by atoms with Crippen molar-refractivity contribution in [2.45, 2.75) is 19.4 Å². The van der Waals surface area contributed by atoms with Crippen LogP contribution in [0.15, 0.2) is 24.4 Å². The second-order valence-corrected chi connectivity index (χ2v) is 4.92. The molecule has 0 saturated carbocycles. The highest BCUT2D eigenvalue weighted by Crippen LogP contribution is 2.29. The zero-order chi connectivity index (χ0) is 13.4. The minimum atomic E-state index is -0.531. The lowest BCUT2D eigenvalue weighted by atomic mass is 10.1. The quantitative estimate of drug-likeness (QED) is 0.827. The third-order valence-corrected chi connectivity index (χ3v) is 3.19. The van der Waals surface area contributed by atoms with Gasteiger partial charge in [0, 0.05) is 17.4 Å². The molecule has 6 heteroatoms. The molecule has 1 atom stereocenters. The van der Waals surface area contributed by atoms with Crippen LogP contribution < -0.4 is 10.6 Å². The average molecular weight is 279 g/mol. The van der Waals surface area contributed by atoms with Crippen molar-refractivity contribution in [1.29, 1.82) is 0 Å². The summed E-state index contributed by atoms with van der Waals surface area (Å²) in [6.07, 6.45) is 2.01. The van der Waals surface area contributed by atoms with E-state index in [1.165, 1.54) is 5.56 Å². The van der Waals surface area contributed by atoms with Crippen LogP contribution in [0, 0.1) is 5.82 Å². The molecular weight excluding hydrogens is 267 g/mol. The van der Waals surface area contributed by atoms with Crippen LogP contribution in [0.25, 0.3) is 0 Å². The number of benzene rings is 1. The van der Waals surface area contributed by atoms with Crippen molar-refractivity contribution in [2.24, 2.45) is 0 Å². The third-order valence-electron chi connectivity index (χ3n) is 3.01. The van der Waals surface area contributed by atoms with Gasteiger partial charge in [0.05, 0.1) is 6.20 Å². The van der Waals surface area contributed by atoms with E-state index in [-0.39, 0.29) is 11.1 Å². The Kier molecular flexibility index (Phi) is 2.98. The number of nitrogens with one attached hydrogen (secondary N) is 2. The SMILES string of the molecule is CC1Cc2cc(Nc3nc(Cl)ncc3F)ccc2N1. The Bertz CT molecular complexity index is 632. The van der Waals surface area contributed by atoms with Gasteiger partial charge in [-0.25, -0.2) is 9.37 Å². The summed E-state index contributed by atoms with van der Waals surface area (Å²) < 4.78 is 13.5. The van der Waals surface area contributed by atoms with Crippen molar-refractivity contribution in [2.75, 3.05) is 10.6 Å². The first-order chi connectivity index (χ1) is 9.11. The Balaban J connectivity index is 1.88. The van der Waals surface area contributed by atoms with Crippen LogP contribution in [0.4, 0.5) is 21.6 Å². The molecule has 4 nitrogen and oxygen atoms in total. The Labute approximate surface area is 115 Å². The van der Waals surface area contributed by atoms with E-state index in [4.69, 9.17) is 11.6 Å². The van der Waals surface area contributed by atoms with Gasteiger partial charge in [-0.2, -0.15) is 4.98 Å². The number of halogens is 2. The van der Waals surface area contributed by atoms with Crippen molar-refractivity contribution in [1.82, 2.24) is 9.97 Å². The molecule has 2 heterocycles.